The average Bonchev–Trinajstić information content (AvgIpc) is 3.29. The summed E-state index contributed by atoms with van der Waals surface area (Å²) in [6.45, 7) is 1.57. The fraction of sp³-hybridized carbons (Fsp3) is 0.625. The van der Waals surface area contributed by atoms with E-state index in [0.717, 1.165) is 12.8 Å². The van der Waals surface area contributed by atoms with E-state index in [4.69, 9.17) is 4.74 Å². The van der Waals surface area contributed by atoms with Gasteiger partial charge in [0.2, 0.25) is 21.8 Å². The predicted octanol–water partition coefficient (Wildman–Crippen LogP) is 0.391. The fourth-order valence-electron chi connectivity index (χ4n) is 3.72. The van der Waals surface area contributed by atoms with Gasteiger partial charge < -0.3 is 10.1 Å². The molecule has 1 amide bonds. The second-order valence-corrected chi connectivity index (χ2v) is 9.08. The molecule has 2 atom stereocenters. The van der Waals surface area contributed by atoms with Gasteiger partial charge in [0.15, 0.2) is 0 Å². The predicted molar refractivity (Wildman–Crippen MR) is 86.8 cm³/mol. The number of amides is 1. The van der Waals surface area contributed by atoms with Crippen LogP contribution in [0.1, 0.15) is 19.3 Å². The van der Waals surface area contributed by atoms with Crippen molar-refractivity contribution >= 4 is 15.9 Å². The number of aromatic nitrogens is 1. The Morgan fingerprint density at radius 2 is 2.21 bits per heavy atom. The molecule has 8 heteroatoms. The lowest BCUT2D eigenvalue weighted by Crippen LogP contribution is -2.42. The molecule has 4 rings (SSSR count). The quantitative estimate of drug-likeness (QED) is 0.829. The molecule has 1 aliphatic carbocycles. The Balaban J connectivity index is 1.49. The molecule has 7 nitrogen and oxygen atoms in total. The third kappa shape index (κ3) is 2.57. The normalized spacial score (nSPS) is 30.7. The van der Waals surface area contributed by atoms with Crippen molar-refractivity contribution in [1.29, 1.82) is 0 Å². The first-order valence-electron chi connectivity index (χ1n) is 8.33. The van der Waals surface area contributed by atoms with Crippen molar-refractivity contribution in [3.05, 3.63) is 24.4 Å². The summed E-state index contributed by atoms with van der Waals surface area (Å²) < 4.78 is 32.2. The number of carbonyl (C=O) groups is 1. The second-order valence-electron chi connectivity index (χ2n) is 6.87. The number of rotatable bonds is 5. The number of ether oxygens (including phenoxy) is 1. The molecule has 2 saturated heterocycles. The minimum atomic E-state index is -3.24. The number of hydrogen-bond acceptors (Lipinski definition) is 5. The molecule has 24 heavy (non-hydrogen) atoms. The van der Waals surface area contributed by atoms with Gasteiger partial charge >= 0.3 is 0 Å². The van der Waals surface area contributed by atoms with E-state index in [1.807, 2.05) is 12.1 Å². The lowest BCUT2D eigenvalue weighted by atomic mass is 9.77. The van der Waals surface area contributed by atoms with Crippen LogP contribution in [0, 0.1) is 11.3 Å². The Bertz CT molecular complexity index is 735. The van der Waals surface area contributed by atoms with Crippen molar-refractivity contribution in [3.63, 3.8) is 0 Å². The number of nitrogens with one attached hydrogen (secondary N) is 1. The maximum absolute atomic E-state index is 12.5. The van der Waals surface area contributed by atoms with Crippen LogP contribution in [-0.2, 0) is 14.8 Å². The molecule has 1 saturated carbocycles. The van der Waals surface area contributed by atoms with Gasteiger partial charge in [0.05, 0.1) is 17.3 Å². The lowest BCUT2D eigenvalue weighted by molar-refractivity contribution is -0.128. The molecule has 3 fully saturated rings. The SMILES string of the molecule is O=C1NC[C@@H](COc2ccccn2)[C@@]12CCN(S(=O)(=O)C1CC1)C2. The van der Waals surface area contributed by atoms with E-state index in [9.17, 15) is 13.2 Å². The number of carbonyl (C=O) groups excluding carboxylic acids is 1. The molecular formula is C16H21N3O4S. The number of pyridine rings is 1. The van der Waals surface area contributed by atoms with Crippen LogP contribution in [-0.4, -0.2) is 55.1 Å². The van der Waals surface area contributed by atoms with Gasteiger partial charge in [-0.05, 0) is 25.3 Å². The van der Waals surface area contributed by atoms with Crippen molar-refractivity contribution in [2.45, 2.75) is 24.5 Å². The third-order valence-electron chi connectivity index (χ3n) is 5.38. The Morgan fingerprint density at radius 1 is 1.38 bits per heavy atom. The molecule has 0 aromatic carbocycles. The highest BCUT2D eigenvalue weighted by Crippen LogP contribution is 2.44. The van der Waals surface area contributed by atoms with Crippen LogP contribution in [0.5, 0.6) is 5.88 Å². The largest absolute Gasteiger partial charge is 0.477 e. The molecule has 0 unspecified atom stereocenters. The lowest BCUT2D eigenvalue weighted by Gasteiger charge is -2.27. The van der Waals surface area contributed by atoms with Crippen LogP contribution in [0.25, 0.3) is 0 Å². The highest BCUT2D eigenvalue weighted by atomic mass is 32.2. The van der Waals surface area contributed by atoms with Crippen LogP contribution < -0.4 is 10.1 Å². The fourth-order valence-corrected chi connectivity index (χ4v) is 5.63. The van der Waals surface area contributed by atoms with Crippen molar-refractivity contribution in [3.8, 4) is 5.88 Å². The van der Waals surface area contributed by atoms with E-state index in [-0.39, 0.29) is 23.6 Å². The first kappa shape index (κ1) is 15.8. The van der Waals surface area contributed by atoms with E-state index < -0.39 is 15.4 Å². The van der Waals surface area contributed by atoms with Crippen molar-refractivity contribution in [2.75, 3.05) is 26.2 Å². The summed E-state index contributed by atoms with van der Waals surface area (Å²) in [5.74, 6) is 0.421. The van der Waals surface area contributed by atoms with E-state index in [0.29, 0.717) is 32.0 Å². The Kier molecular flexibility index (Phi) is 3.76. The molecule has 3 aliphatic rings. The molecule has 0 bridgehead atoms. The zero-order valence-electron chi connectivity index (χ0n) is 13.3. The monoisotopic (exact) mass is 351 g/mol. The van der Waals surface area contributed by atoms with Gasteiger partial charge in [-0.2, -0.15) is 0 Å². The molecule has 1 N–H and O–H groups in total. The number of sulfonamides is 1. The number of hydrogen-bond donors (Lipinski definition) is 1. The molecule has 0 radical (unpaired) electrons. The smallest absolute Gasteiger partial charge is 0.228 e. The van der Waals surface area contributed by atoms with Gasteiger partial charge in [0.1, 0.15) is 0 Å². The van der Waals surface area contributed by atoms with Crippen LogP contribution in [0.2, 0.25) is 0 Å². The zero-order chi connectivity index (χ0) is 16.8. The third-order valence-corrected chi connectivity index (χ3v) is 7.73. The summed E-state index contributed by atoms with van der Waals surface area (Å²) >= 11 is 0. The molecule has 1 spiro atoms. The molecule has 2 aliphatic heterocycles. The topological polar surface area (TPSA) is 88.6 Å². The van der Waals surface area contributed by atoms with Gasteiger partial charge in [-0.1, -0.05) is 6.07 Å². The van der Waals surface area contributed by atoms with Crippen LogP contribution >= 0.6 is 0 Å². The Hall–Kier alpha value is -1.67. The van der Waals surface area contributed by atoms with E-state index in [2.05, 4.69) is 10.3 Å². The highest BCUT2D eigenvalue weighted by molar-refractivity contribution is 7.90. The van der Waals surface area contributed by atoms with Crippen LogP contribution in [0.4, 0.5) is 0 Å². The summed E-state index contributed by atoms with van der Waals surface area (Å²) in [5.41, 5.74) is -0.670. The summed E-state index contributed by atoms with van der Waals surface area (Å²) in [6.07, 6.45) is 3.69. The zero-order valence-corrected chi connectivity index (χ0v) is 14.2. The Labute approximate surface area is 141 Å². The maximum Gasteiger partial charge on any atom is 0.228 e. The maximum atomic E-state index is 12.5. The van der Waals surface area contributed by atoms with Gasteiger partial charge in [-0.25, -0.2) is 17.7 Å². The van der Waals surface area contributed by atoms with Gasteiger partial charge in [-0.15, -0.1) is 0 Å². The van der Waals surface area contributed by atoms with Crippen LogP contribution in [0.15, 0.2) is 24.4 Å². The van der Waals surface area contributed by atoms with Crippen LogP contribution in [0.3, 0.4) is 0 Å². The minimum absolute atomic E-state index is 0.0496. The van der Waals surface area contributed by atoms with Gasteiger partial charge in [0.25, 0.3) is 0 Å². The van der Waals surface area contributed by atoms with Crippen molar-refractivity contribution in [2.24, 2.45) is 11.3 Å². The van der Waals surface area contributed by atoms with E-state index >= 15 is 0 Å². The summed E-state index contributed by atoms with van der Waals surface area (Å²) in [4.78, 5) is 16.6. The summed E-state index contributed by atoms with van der Waals surface area (Å²) in [7, 11) is -3.24. The molecule has 130 valence electrons. The van der Waals surface area contributed by atoms with Gasteiger partial charge in [0, 0.05) is 37.8 Å². The first-order valence-corrected chi connectivity index (χ1v) is 9.84. The van der Waals surface area contributed by atoms with Gasteiger partial charge in [-0.3, -0.25) is 4.79 Å². The highest BCUT2D eigenvalue weighted by Gasteiger charge is 2.57. The molecule has 3 heterocycles. The van der Waals surface area contributed by atoms with E-state index in [1.54, 1.807) is 12.3 Å². The standard InChI is InChI=1S/C16H21N3O4S/c20-15-16(6-8-19(11-16)24(21,22)13-4-5-13)12(9-18-15)10-23-14-3-1-2-7-17-14/h1-3,7,12-13H,4-6,8-11H2,(H,18,20)/t12-,16-/m0/s1. The molecule has 1 aromatic heterocycles. The second kappa shape index (κ2) is 5.70. The average molecular weight is 351 g/mol. The van der Waals surface area contributed by atoms with Crippen molar-refractivity contribution < 1.29 is 17.9 Å². The minimum Gasteiger partial charge on any atom is -0.477 e. The molecule has 1 aromatic rings. The number of nitrogens with zero attached hydrogens (tertiary/aromatic N) is 2. The van der Waals surface area contributed by atoms with Crippen molar-refractivity contribution in [1.82, 2.24) is 14.6 Å². The first-order chi connectivity index (χ1) is 11.5. The summed E-state index contributed by atoms with van der Waals surface area (Å²) in [6, 6.07) is 5.43. The summed E-state index contributed by atoms with van der Waals surface area (Å²) in [5, 5.41) is 2.66. The molecular weight excluding hydrogens is 330 g/mol. The van der Waals surface area contributed by atoms with E-state index in [1.165, 1.54) is 4.31 Å². The Morgan fingerprint density at radius 3 is 2.92 bits per heavy atom.